The third-order valence-corrected chi connectivity index (χ3v) is 2.39. The summed E-state index contributed by atoms with van der Waals surface area (Å²) in [6.45, 7) is 3.49. The quantitative estimate of drug-likeness (QED) is 0.512. The zero-order valence-electron chi connectivity index (χ0n) is 9.33. The molecule has 16 heavy (non-hydrogen) atoms. The Morgan fingerprint density at radius 2 is 2.31 bits per heavy atom. The van der Waals surface area contributed by atoms with Crippen molar-refractivity contribution in [2.24, 2.45) is 17.8 Å². The summed E-state index contributed by atoms with van der Waals surface area (Å²) in [5.41, 5.74) is 6.69. The van der Waals surface area contributed by atoms with Crippen LogP contribution in [-0.4, -0.2) is 52.2 Å². The molecule has 0 saturated carbocycles. The molecule has 2 rings (SSSR count). The van der Waals surface area contributed by atoms with E-state index < -0.39 is 0 Å². The van der Waals surface area contributed by atoms with Crippen molar-refractivity contribution >= 4 is 5.96 Å². The molecular weight excluding hydrogens is 208 g/mol. The number of hydrogen-bond acceptors (Lipinski definition) is 4. The van der Waals surface area contributed by atoms with Crippen LogP contribution in [0, 0.1) is 0 Å². The van der Waals surface area contributed by atoms with E-state index in [1.165, 1.54) is 4.80 Å². The first-order chi connectivity index (χ1) is 7.75. The maximum absolute atomic E-state index is 5.87. The van der Waals surface area contributed by atoms with Crippen molar-refractivity contribution in [2.45, 2.75) is 6.54 Å². The molecular formula is C9H16N6O. The van der Waals surface area contributed by atoms with Crippen LogP contribution in [-0.2, 0) is 18.3 Å². The summed E-state index contributed by atoms with van der Waals surface area (Å²) in [6.07, 6.45) is 1.69. The number of morpholine rings is 1. The van der Waals surface area contributed by atoms with Crippen molar-refractivity contribution in [3.63, 3.8) is 0 Å². The number of nitrogens with two attached hydrogens (primary N) is 1. The predicted molar refractivity (Wildman–Crippen MR) is 58.7 cm³/mol. The zero-order valence-corrected chi connectivity index (χ0v) is 9.33. The fourth-order valence-corrected chi connectivity index (χ4v) is 1.51. The van der Waals surface area contributed by atoms with Crippen LogP contribution in [0.25, 0.3) is 0 Å². The molecule has 1 saturated heterocycles. The molecule has 1 aromatic rings. The van der Waals surface area contributed by atoms with Crippen molar-refractivity contribution in [1.82, 2.24) is 19.9 Å². The Bertz CT molecular complexity index is 368. The Morgan fingerprint density at radius 1 is 1.56 bits per heavy atom. The lowest BCUT2D eigenvalue weighted by molar-refractivity contribution is 0.0674. The summed E-state index contributed by atoms with van der Waals surface area (Å²) in [5, 5.41) is 8.10. The Hall–Kier alpha value is -1.63. The smallest absolute Gasteiger partial charge is 0.191 e. The number of guanidine groups is 1. The van der Waals surface area contributed by atoms with Crippen molar-refractivity contribution in [3.05, 3.63) is 11.9 Å². The van der Waals surface area contributed by atoms with Crippen molar-refractivity contribution in [3.8, 4) is 0 Å². The molecule has 0 bridgehead atoms. The van der Waals surface area contributed by atoms with E-state index in [-0.39, 0.29) is 0 Å². The third-order valence-electron chi connectivity index (χ3n) is 2.39. The van der Waals surface area contributed by atoms with Crippen molar-refractivity contribution in [2.75, 3.05) is 26.3 Å². The number of rotatable bonds is 2. The molecule has 0 radical (unpaired) electrons. The first kappa shape index (κ1) is 10.9. The molecule has 1 fully saturated rings. The van der Waals surface area contributed by atoms with E-state index in [9.17, 15) is 0 Å². The first-order valence-electron chi connectivity index (χ1n) is 5.23. The molecule has 0 atom stereocenters. The normalized spacial score (nSPS) is 17.8. The number of ether oxygens (including phenoxy) is 1. The molecule has 0 unspecified atom stereocenters. The first-order valence-corrected chi connectivity index (χ1v) is 5.23. The van der Waals surface area contributed by atoms with E-state index in [1.807, 2.05) is 4.90 Å². The van der Waals surface area contributed by atoms with Gasteiger partial charge in [-0.1, -0.05) is 0 Å². The Labute approximate surface area is 93.9 Å². The zero-order chi connectivity index (χ0) is 11.4. The van der Waals surface area contributed by atoms with Gasteiger partial charge in [-0.25, -0.2) is 4.99 Å². The number of hydrogen-bond donors (Lipinski definition) is 1. The number of aryl methyl sites for hydroxylation is 1. The SMILES string of the molecule is Cn1ncc(CN=C(N)N2CCOCC2)n1. The largest absolute Gasteiger partial charge is 0.378 e. The molecule has 7 nitrogen and oxygen atoms in total. The van der Waals surface area contributed by atoms with E-state index in [2.05, 4.69) is 15.2 Å². The number of aromatic nitrogens is 3. The van der Waals surface area contributed by atoms with Crippen LogP contribution >= 0.6 is 0 Å². The van der Waals surface area contributed by atoms with Crippen molar-refractivity contribution < 1.29 is 4.74 Å². The summed E-state index contributed by atoms with van der Waals surface area (Å²) < 4.78 is 5.24. The molecule has 0 aliphatic carbocycles. The lowest BCUT2D eigenvalue weighted by Gasteiger charge is -2.27. The van der Waals surface area contributed by atoms with Gasteiger partial charge in [0.05, 0.1) is 26.0 Å². The lowest BCUT2D eigenvalue weighted by atomic mass is 10.4. The van der Waals surface area contributed by atoms with Crippen LogP contribution in [0.4, 0.5) is 0 Å². The molecule has 1 aliphatic heterocycles. The minimum atomic E-state index is 0.469. The van der Waals surface area contributed by atoms with Gasteiger partial charge >= 0.3 is 0 Å². The fourth-order valence-electron chi connectivity index (χ4n) is 1.51. The predicted octanol–water partition coefficient (Wildman–Crippen LogP) is -1.04. The van der Waals surface area contributed by atoms with Crippen LogP contribution in [0.1, 0.15) is 5.69 Å². The summed E-state index contributed by atoms with van der Waals surface area (Å²) in [6, 6.07) is 0. The van der Waals surface area contributed by atoms with E-state index >= 15 is 0 Å². The highest BCUT2D eigenvalue weighted by atomic mass is 16.5. The topological polar surface area (TPSA) is 81.6 Å². The van der Waals surface area contributed by atoms with Crippen LogP contribution in [0.3, 0.4) is 0 Å². The van der Waals surface area contributed by atoms with Gasteiger partial charge in [0, 0.05) is 20.1 Å². The van der Waals surface area contributed by atoms with E-state index in [4.69, 9.17) is 10.5 Å². The van der Waals surface area contributed by atoms with E-state index in [0.717, 1.165) is 18.8 Å². The van der Waals surface area contributed by atoms with Gasteiger partial charge in [0.2, 0.25) is 0 Å². The summed E-state index contributed by atoms with van der Waals surface area (Å²) >= 11 is 0. The van der Waals surface area contributed by atoms with E-state index in [0.29, 0.717) is 25.7 Å². The number of nitrogens with zero attached hydrogens (tertiary/aromatic N) is 5. The van der Waals surface area contributed by atoms with Gasteiger partial charge in [-0.15, -0.1) is 0 Å². The van der Waals surface area contributed by atoms with Gasteiger partial charge in [-0.3, -0.25) is 0 Å². The van der Waals surface area contributed by atoms with Crippen LogP contribution in [0.2, 0.25) is 0 Å². The molecule has 1 aromatic heterocycles. The van der Waals surface area contributed by atoms with E-state index in [1.54, 1.807) is 13.2 Å². The average molecular weight is 224 g/mol. The Morgan fingerprint density at radius 3 is 2.94 bits per heavy atom. The average Bonchev–Trinajstić information content (AvgIpc) is 2.73. The molecule has 2 heterocycles. The molecule has 2 N–H and O–H groups in total. The molecule has 1 aliphatic rings. The van der Waals surface area contributed by atoms with Crippen LogP contribution in [0.15, 0.2) is 11.2 Å². The molecule has 0 spiro atoms. The van der Waals surface area contributed by atoms with Gasteiger partial charge in [-0.2, -0.15) is 15.0 Å². The highest BCUT2D eigenvalue weighted by Gasteiger charge is 2.11. The van der Waals surface area contributed by atoms with Crippen molar-refractivity contribution in [1.29, 1.82) is 0 Å². The summed E-state index contributed by atoms with van der Waals surface area (Å²) in [5.74, 6) is 0.550. The van der Waals surface area contributed by atoms with Gasteiger partial charge in [0.25, 0.3) is 0 Å². The molecule has 7 heteroatoms. The standard InChI is InChI=1S/C9H16N6O/c1-14-12-7-8(13-14)6-11-9(10)15-2-4-16-5-3-15/h7H,2-6H2,1H3,(H2,10,11). The van der Waals surface area contributed by atoms with Gasteiger partial charge in [0.15, 0.2) is 5.96 Å². The highest BCUT2D eigenvalue weighted by Crippen LogP contribution is 1.98. The lowest BCUT2D eigenvalue weighted by Crippen LogP contribution is -2.44. The second kappa shape index (κ2) is 4.93. The molecule has 0 amide bonds. The Balaban J connectivity index is 1.90. The summed E-state index contributed by atoms with van der Waals surface area (Å²) in [4.78, 5) is 7.80. The van der Waals surface area contributed by atoms with Crippen LogP contribution in [0.5, 0.6) is 0 Å². The third kappa shape index (κ3) is 2.69. The van der Waals surface area contributed by atoms with Crippen LogP contribution < -0.4 is 5.73 Å². The van der Waals surface area contributed by atoms with Gasteiger partial charge in [-0.05, 0) is 0 Å². The second-order valence-corrected chi connectivity index (χ2v) is 3.60. The number of aliphatic imine (C=N–C) groups is 1. The van der Waals surface area contributed by atoms with Gasteiger partial charge < -0.3 is 15.4 Å². The minimum absolute atomic E-state index is 0.469. The fraction of sp³-hybridized carbons (Fsp3) is 0.667. The Kier molecular flexibility index (Phi) is 3.35. The minimum Gasteiger partial charge on any atom is -0.378 e. The highest BCUT2D eigenvalue weighted by molar-refractivity contribution is 5.78. The van der Waals surface area contributed by atoms with Gasteiger partial charge in [0.1, 0.15) is 5.69 Å². The molecule has 88 valence electrons. The second-order valence-electron chi connectivity index (χ2n) is 3.60. The molecule has 0 aromatic carbocycles. The monoisotopic (exact) mass is 224 g/mol. The maximum atomic E-state index is 5.87. The summed E-state index contributed by atoms with van der Waals surface area (Å²) in [7, 11) is 1.78. The maximum Gasteiger partial charge on any atom is 0.191 e.